The SMILES string of the molecule is O=C(Nc1cc(Cl)ccc1Cl)N1CCCNCC1. The van der Waals surface area contributed by atoms with E-state index in [9.17, 15) is 4.79 Å². The van der Waals surface area contributed by atoms with E-state index >= 15 is 0 Å². The average molecular weight is 288 g/mol. The van der Waals surface area contributed by atoms with Crippen molar-refractivity contribution in [3.8, 4) is 0 Å². The zero-order valence-corrected chi connectivity index (χ0v) is 11.4. The van der Waals surface area contributed by atoms with Crippen molar-refractivity contribution in [2.75, 3.05) is 31.5 Å². The zero-order valence-electron chi connectivity index (χ0n) is 9.88. The fraction of sp³-hybridized carbons (Fsp3) is 0.417. The van der Waals surface area contributed by atoms with Gasteiger partial charge in [0.2, 0.25) is 0 Å². The van der Waals surface area contributed by atoms with Gasteiger partial charge in [0.1, 0.15) is 0 Å². The van der Waals surface area contributed by atoms with Crippen LogP contribution in [0, 0.1) is 0 Å². The van der Waals surface area contributed by atoms with E-state index in [0.29, 0.717) is 22.3 Å². The summed E-state index contributed by atoms with van der Waals surface area (Å²) in [6.07, 6.45) is 0.955. The highest BCUT2D eigenvalue weighted by Gasteiger charge is 2.16. The molecule has 0 radical (unpaired) electrons. The third-order valence-corrected chi connectivity index (χ3v) is 3.36. The van der Waals surface area contributed by atoms with Crippen LogP contribution in [0.2, 0.25) is 10.0 Å². The maximum atomic E-state index is 12.1. The highest BCUT2D eigenvalue weighted by atomic mass is 35.5. The number of halogens is 2. The second kappa shape index (κ2) is 6.27. The first kappa shape index (κ1) is 13.5. The first-order valence-corrected chi connectivity index (χ1v) is 6.64. The van der Waals surface area contributed by atoms with Crippen molar-refractivity contribution >= 4 is 34.9 Å². The van der Waals surface area contributed by atoms with Crippen LogP contribution in [0.25, 0.3) is 0 Å². The number of carbonyl (C=O) groups excluding carboxylic acids is 1. The average Bonchev–Trinajstić information content (AvgIpc) is 2.62. The van der Waals surface area contributed by atoms with Gasteiger partial charge < -0.3 is 15.5 Å². The molecule has 2 amide bonds. The number of benzene rings is 1. The van der Waals surface area contributed by atoms with Crippen LogP contribution in [0.15, 0.2) is 18.2 Å². The topological polar surface area (TPSA) is 44.4 Å². The molecular weight excluding hydrogens is 273 g/mol. The Bertz CT molecular complexity index is 431. The molecule has 0 spiro atoms. The van der Waals surface area contributed by atoms with Gasteiger partial charge in [-0.25, -0.2) is 4.79 Å². The molecule has 1 aromatic carbocycles. The molecule has 18 heavy (non-hydrogen) atoms. The summed E-state index contributed by atoms with van der Waals surface area (Å²) < 4.78 is 0. The lowest BCUT2D eigenvalue weighted by molar-refractivity contribution is 0.215. The van der Waals surface area contributed by atoms with Crippen LogP contribution < -0.4 is 10.6 Å². The molecule has 1 aliphatic heterocycles. The summed E-state index contributed by atoms with van der Waals surface area (Å²) in [5.74, 6) is 0. The lowest BCUT2D eigenvalue weighted by atomic mass is 10.3. The maximum Gasteiger partial charge on any atom is 0.321 e. The third-order valence-electron chi connectivity index (χ3n) is 2.80. The minimum atomic E-state index is -0.136. The molecule has 6 heteroatoms. The predicted octanol–water partition coefficient (Wildman–Crippen LogP) is 2.82. The lowest BCUT2D eigenvalue weighted by Crippen LogP contribution is -2.37. The molecule has 98 valence electrons. The van der Waals surface area contributed by atoms with Crippen molar-refractivity contribution in [3.63, 3.8) is 0 Å². The van der Waals surface area contributed by atoms with E-state index in [1.807, 2.05) is 0 Å². The first-order valence-electron chi connectivity index (χ1n) is 5.88. The second-order valence-corrected chi connectivity index (χ2v) is 4.99. The number of urea groups is 1. The molecule has 1 fully saturated rings. The monoisotopic (exact) mass is 287 g/mol. The molecule has 1 saturated heterocycles. The van der Waals surface area contributed by atoms with Gasteiger partial charge in [0.25, 0.3) is 0 Å². The summed E-state index contributed by atoms with van der Waals surface area (Å²) in [6.45, 7) is 3.21. The number of amides is 2. The van der Waals surface area contributed by atoms with Crippen molar-refractivity contribution in [2.24, 2.45) is 0 Å². The summed E-state index contributed by atoms with van der Waals surface area (Å²) in [7, 11) is 0. The number of nitrogens with one attached hydrogen (secondary N) is 2. The fourth-order valence-electron chi connectivity index (χ4n) is 1.84. The number of carbonyl (C=O) groups is 1. The van der Waals surface area contributed by atoms with Crippen LogP contribution >= 0.6 is 23.2 Å². The minimum absolute atomic E-state index is 0.136. The van der Waals surface area contributed by atoms with Crippen LogP contribution in [0.1, 0.15) is 6.42 Å². The third kappa shape index (κ3) is 3.51. The van der Waals surface area contributed by atoms with E-state index in [2.05, 4.69) is 10.6 Å². The predicted molar refractivity (Wildman–Crippen MR) is 74.5 cm³/mol. The van der Waals surface area contributed by atoms with E-state index in [0.717, 1.165) is 26.1 Å². The van der Waals surface area contributed by atoms with Gasteiger partial charge in [-0.2, -0.15) is 0 Å². The van der Waals surface area contributed by atoms with Gasteiger partial charge >= 0.3 is 6.03 Å². The summed E-state index contributed by atoms with van der Waals surface area (Å²) in [5, 5.41) is 7.07. The van der Waals surface area contributed by atoms with Crippen molar-refractivity contribution in [1.29, 1.82) is 0 Å². The first-order chi connectivity index (χ1) is 8.66. The molecule has 0 unspecified atom stereocenters. The van der Waals surface area contributed by atoms with Gasteiger partial charge in [-0.1, -0.05) is 23.2 Å². The van der Waals surface area contributed by atoms with Gasteiger partial charge in [-0.05, 0) is 31.2 Å². The van der Waals surface area contributed by atoms with Crippen molar-refractivity contribution < 1.29 is 4.79 Å². The number of anilines is 1. The quantitative estimate of drug-likeness (QED) is 0.834. The van der Waals surface area contributed by atoms with Crippen molar-refractivity contribution in [2.45, 2.75) is 6.42 Å². The number of rotatable bonds is 1. The van der Waals surface area contributed by atoms with Gasteiger partial charge in [0.05, 0.1) is 10.7 Å². The fourth-order valence-corrected chi connectivity index (χ4v) is 2.17. The van der Waals surface area contributed by atoms with Crippen LogP contribution in [0.5, 0.6) is 0 Å². The van der Waals surface area contributed by atoms with Crippen LogP contribution in [-0.4, -0.2) is 37.1 Å². The lowest BCUT2D eigenvalue weighted by Gasteiger charge is -2.20. The molecule has 0 bridgehead atoms. The molecule has 1 aliphatic rings. The Balaban J connectivity index is 2.03. The van der Waals surface area contributed by atoms with Gasteiger partial charge in [-0.3, -0.25) is 0 Å². The molecule has 4 nitrogen and oxygen atoms in total. The minimum Gasteiger partial charge on any atom is -0.323 e. The smallest absolute Gasteiger partial charge is 0.321 e. The molecule has 2 rings (SSSR count). The van der Waals surface area contributed by atoms with E-state index in [1.54, 1.807) is 23.1 Å². The van der Waals surface area contributed by atoms with Gasteiger partial charge in [0.15, 0.2) is 0 Å². The molecule has 2 N–H and O–H groups in total. The van der Waals surface area contributed by atoms with Crippen molar-refractivity contribution in [3.05, 3.63) is 28.2 Å². The molecule has 1 aromatic rings. The summed E-state index contributed by atoms with van der Waals surface area (Å²) in [6, 6.07) is 4.87. The zero-order chi connectivity index (χ0) is 13.0. The number of hydrogen-bond acceptors (Lipinski definition) is 2. The van der Waals surface area contributed by atoms with Crippen LogP contribution in [-0.2, 0) is 0 Å². The van der Waals surface area contributed by atoms with E-state index in [4.69, 9.17) is 23.2 Å². The number of nitrogens with zero attached hydrogens (tertiary/aromatic N) is 1. The van der Waals surface area contributed by atoms with Crippen molar-refractivity contribution in [1.82, 2.24) is 10.2 Å². The molecule has 0 aromatic heterocycles. The maximum absolute atomic E-state index is 12.1. The standard InChI is InChI=1S/C12H15Cl2N3O/c13-9-2-3-10(14)11(8-9)16-12(18)17-6-1-4-15-5-7-17/h2-3,8,15H,1,4-7H2,(H,16,18). The molecule has 0 aliphatic carbocycles. The van der Waals surface area contributed by atoms with E-state index < -0.39 is 0 Å². The Hall–Kier alpha value is -0.970. The van der Waals surface area contributed by atoms with Gasteiger partial charge in [-0.15, -0.1) is 0 Å². The molecule has 1 heterocycles. The Morgan fingerprint density at radius 3 is 2.94 bits per heavy atom. The second-order valence-electron chi connectivity index (χ2n) is 4.14. The summed E-state index contributed by atoms with van der Waals surface area (Å²) >= 11 is 11.9. The highest BCUT2D eigenvalue weighted by molar-refractivity contribution is 6.35. The largest absolute Gasteiger partial charge is 0.323 e. The Morgan fingerprint density at radius 2 is 2.11 bits per heavy atom. The summed E-state index contributed by atoms with van der Waals surface area (Å²) in [4.78, 5) is 13.8. The van der Waals surface area contributed by atoms with Gasteiger partial charge in [0, 0.05) is 24.7 Å². The van der Waals surface area contributed by atoms with E-state index in [1.165, 1.54) is 0 Å². The van der Waals surface area contributed by atoms with Crippen LogP contribution in [0.4, 0.5) is 10.5 Å². The Morgan fingerprint density at radius 1 is 1.28 bits per heavy atom. The molecular formula is C12H15Cl2N3O. The Kier molecular flexibility index (Phi) is 4.69. The Labute approximate surface area is 116 Å². The normalized spacial score (nSPS) is 16.2. The van der Waals surface area contributed by atoms with E-state index in [-0.39, 0.29) is 6.03 Å². The number of hydrogen-bond donors (Lipinski definition) is 2. The highest BCUT2D eigenvalue weighted by Crippen LogP contribution is 2.25. The molecule has 0 atom stereocenters. The summed E-state index contributed by atoms with van der Waals surface area (Å²) in [5.41, 5.74) is 0.548. The molecule has 0 saturated carbocycles. The van der Waals surface area contributed by atoms with Crippen LogP contribution in [0.3, 0.4) is 0 Å².